The molecule has 0 aliphatic heterocycles. The van der Waals surface area contributed by atoms with E-state index >= 15 is 0 Å². The van der Waals surface area contributed by atoms with Gasteiger partial charge in [0.25, 0.3) is 0 Å². The summed E-state index contributed by atoms with van der Waals surface area (Å²) in [6, 6.07) is 1.89. The van der Waals surface area contributed by atoms with E-state index in [2.05, 4.69) is 5.32 Å². The fraction of sp³-hybridized carbons (Fsp3) is 0.500. The van der Waals surface area contributed by atoms with Crippen molar-refractivity contribution in [2.75, 3.05) is 12.3 Å². The monoisotopic (exact) mass is 317 g/mol. The highest BCUT2D eigenvalue weighted by Crippen LogP contribution is 2.39. The number of amides is 1. The van der Waals surface area contributed by atoms with Crippen LogP contribution in [0.5, 0.6) is 0 Å². The number of hydrogen-bond acceptors (Lipinski definition) is 3. The maximum absolute atomic E-state index is 13.6. The summed E-state index contributed by atoms with van der Waals surface area (Å²) in [4.78, 5) is 10.7. The lowest BCUT2D eigenvalue weighted by Gasteiger charge is -2.13. The zero-order valence-corrected chi connectivity index (χ0v) is 12.5. The highest BCUT2D eigenvalue weighted by Gasteiger charge is 2.35. The van der Waals surface area contributed by atoms with Crippen LogP contribution in [-0.2, 0) is 21.1 Å². The molecule has 1 aromatic rings. The number of benzene rings is 1. The molecule has 21 heavy (non-hydrogen) atoms. The Morgan fingerprint density at radius 2 is 2.10 bits per heavy atom. The predicted octanol–water partition coefficient (Wildman–Crippen LogP) is 1.89. The SMILES string of the molecule is CC(=O)NCCCS(=O)(=O)[C@@H]1CCc2c(F)cc(F)cc21. The lowest BCUT2D eigenvalue weighted by molar-refractivity contribution is -0.118. The van der Waals surface area contributed by atoms with Gasteiger partial charge in [0.2, 0.25) is 5.91 Å². The largest absolute Gasteiger partial charge is 0.356 e. The lowest BCUT2D eigenvalue weighted by Crippen LogP contribution is -2.24. The van der Waals surface area contributed by atoms with Gasteiger partial charge >= 0.3 is 0 Å². The van der Waals surface area contributed by atoms with Crippen molar-refractivity contribution in [3.05, 3.63) is 34.9 Å². The molecule has 1 atom stereocenters. The third-order valence-corrected chi connectivity index (χ3v) is 5.83. The number of hydrogen-bond donors (Lipinski definition) is 1. The molecule has 1 aromatic carbocycles. The van der Waals surface area contributed by atoms with Crippen LogP contribution in [0.1, 0.15) is 36.1 Å². The third-order valence-electron chi connectivity index (χ3n) is 3.61. The Morgan fingerprint density at radius 3 is 2.76 bits per heavy atom. The van der Waals surface area contributed by atoms with E-state index < -0.39 is 26.7 Å². The predicted molar refractivity (Wildman–Crippen MR) is 74.5 cm³/mol. The van der Waals surface area contributed by atoms with Crippen LogP contribution in [0.15, 0.2) is 12.1 Å². The van der Waals surface area contributed by atoms with E-state index in [0.717, 1.165) is 12.1 Å². The summed E-state index contributed by atoms with van der Waals surface area (Å²) in [5.41, 5.74) is 0.541. The molecule has 0 heterocycles. The van der Waals surface area contributed by atoms with Crippen molar-refractivity contribution in [2.24, 2.45) is 0 Å². The molecule has 1 aliphatic rings. The second-order valence-corrected chi connectivity index (χ2v) is 7.49. The summed E-state index contributed by atoms with van der Waals surface area (Å²) in [6.07, 6.45) is 0.862. The third kappa shape index (κ3) is 3.58. The molecule has 0 saturated heterocycles. The molecule has 0 unspecified atom stereocenters. The van der Waals surface area contributed by atoms with E-state index in [4.69, 9.17) is 0 Å². The van der Waals surface area contributed by atoms with Crippen molar-refractivity contribution in [3.8, 4) is 0 Å². The van der Waals surface area contributed by atoms with Crippen LogP contribution in [0.2, 0.25) is 0 Å². The van der Waals surface area contributed by atoms with Gasteiger partial charge in [0, 0.05) is 19.5 Å². The molecule has 1 N–H and O–H groups in total. The number of sulfone groups is 1. The molecule has 7 heteroatoms. The molecule has 116 valence electrons. The molecular weight excluding hydrogens is 300 g/mol. The quantitative estimate of drug-likeness (QED) is 0.844. The normalized spacial score (nSPS) is 17.6. The number of rotatable bonds is 5. The van der Waals surface area contributed by atoms with Crippen molar-refractivity contribution in [1.29, 1.82) is 0 Å². The number of nitrogens with one attached hydrogen (secondary N) is 1. The van der Waals surface area contributed by atoms with Crippen molar-refractivity contribution in [1.82, 2.24) is 5.32 Å². The summed E-state index contributed by atoms with van der Waals surface area (Å²) >= 11 is 0. The first-order chi connectivity index (χ1) is 9.81. The fourth-order valence-electron chi connectivity index (χ4n) is 2.66. The second kappa shape index (κ2) is 6.09. The van der Waals surface area contributed by atoms with Gasteiger partial charge in [-0.3, -0.25) is 4.79 Å². The maximum atomic E-state index is 13.6. The Balaban J connectivity index is 2.12. The molecule has 0 saturated carbocycles. The summed E-state index contributed by atoms with van der Waals surface area (Å²) in [5, 5.41) is 1.67. The molecule has 0 radical (unpaired) electrons. The minimum Gasteiger partial charge on any atom is -0.356 e. The Hall–Kier alpha value is -1.50. The van der Waals surface area contributed by atoms with Crippen LogP contribution in [0.3, 0.4) is 0 Å². The summed E-state index contributed by atoms with van der Waals surface area (Å²) in [5.74, 6) is -1.77. The zero-order chi connectivity index (χ0) is 15.6. The smallest absolute Gasteiger partial charge is 0.216 e. The number of fused-ring (bicyclic) bond motifs is 1. The van der Waals surface area contributed by atoms with E-state index in [0.29, 0.717) is 12.0 Å². The van der Waals surface area contributed by atoms with Crippen molar-refractivity contribution in [2.45, 2.75) is 31.4 Å². The molecule has 4 nitrogen and oxygen atoms in total. The standard InChI is InChI=1S/C14H17F2NO3S/c1-9(18)17-5-2-6-21(19,20)14-4-3-11-12(14)7-10(15)8-13(11)16/h7-8,14H,2-6H2,1H3,(H,17,18)/t14-/m1/s1. The first kappa shape index (κ1) is 15.9. The van der Waals surface area contributed by atoms with Crippen molar-refractivity contribution < 1.29 is 22.0 Å². The first-order valence-electron chi connectivity index (χ1n) is 6.75. The number of halogens is 2. The van der Waals surface area contributed by atoms with Crippen molar-refractivity contribution >= 4 is 15.7 Å². The molecule has 0 bridgehead atoms. The van der Waals surface area contributed by atoms with Gasteiger partial charge in [-0.1, -0.05) is 0 Å². The molecule has 0 fully saturated rings. The van der Waals surface area contributed by atoms with Crippen LogP contribution in [0.25, 0.3) is 0 Å². The average molecular weight is 317 g/mol. The van der Waals surface area contributed by atoms with E-state index in [-0.39, 0.29) is 36.6 Å². The minimum atomic E-state index is -3.49. The molecule has 0 spiro atoms. The first-order valence-corrected chi connectivity index (χ1v) is 8.46. The van der Waals surface area contributed by atoms with E-state index in [1.54, 1.807) is 0 Å². The van der Waals surface area contributed by atoms with E-state index in [9.17, 15) is 22.0 Å². The zero-order valence-electron chi connectivity index (χ0n) is 11.7. The molecule has 2 rings (SSSR count). The summed E-state index contributed by atoms with van der Waals surface area (Å²) < 4.78 is 51.5. The topological polar surface area (TPSA) is 63.2 Å². The average Bonchev–Trinajstić information content (AvgIpc) is 2.79. The Labute approximate surface area is 122 Å². The highest BCUT2D eigenvalue weighted by molar-refractivity contribution is 7.91. The van der Waals surface area contributed by atoms with Gasteiger partial charge in [-0.25, -0.2) is 17.2 Å². The van der Waals surface area contributed by atoms with Crippen molar-refractivity contribution in [3.63, 3.8) is 0 Å². The van der Waals surface area contributed by atoms with Gasteiger partial charge in [-0.2, -0.15) is 0 Å². The van der Waals surface area contributed by atoms with E-state index in [1.807, 2.05) is 0 Å². The Morgan fingerprint density at radius 1 is 1.38 bits per heavy atom. The van der Waals surface area contributed by atoms with Gasteiger partial charge in [0.15, 0.2) is 9.84 Å². The van der Waals surface area contributed by atoms with Crippen LogP contribution in [0.4, 0.5) is 8.78 Å². The molecule has 1 amide bonds. The lowest BCUT2D eigenvalue weighted by atomic mass is 10.1. The van der Waals surface area contributed by atoms with Gasteiger partial charge in [-0.15, -0.1) is 0 Å². The second-order valence-electron chi connectivity index (χ2n) is 5.19. The van der Waals surface area contributed by atoms with Gasteiger partial charge in [-0.05, 0) is 36.5 Å². The fourth-order valence-corrected chi connectivity index (χ4v) is 4.56. The summed E-state index contributed by atoms with van der Waals surface area (Å²) in [6.45, 7) is 1.62. The number of carbonyl (C=O) groups is 1. The van der Waals surface area contributed by atoms with Crippen LogP contribution in [0, 0.1) is 11.6 Å². The Kier molecular flexibility index (Phi) is 4.61. The number of carbonyl (C=O) groups excluding carboxylic acids is 1. The molecule has 1 aliphatic carbocycles. The van der Waals surface area contributed by atoms with Crippen LogP contribution >= 0.6 is 0 Å². The highest BCUT2D eigenvalue weighted by atomic mass is 32.2. The van der Waals surface area contributed by atoms with Crippen LogP contribution < -0.4 is 5.32 Å². The van der Waals surface area contributed by atoms with E-state index in [1.165, 1.54) is 6.92 Å². The molecular formula is C14H17F2NO3S. The van der Waals surface area contributed by atoms with Crippen LogP contribution in [-0.4, -0.2) is 26.6 Å². The van der Waals surface area contributed by atoms with Gasteiger partial charge in [0.05, 0.1) is 11.0 Å². The molecule has 0 aromatic heterocycles. The van der Waals surface area contributed by atoms with Gasteiger partial charge in [0.1, 0.15) is 11.6 Å². The maximum Gasteiger partial charge on any atom is 0.216 e. The Bertz CT molecular complexity index is 658. The summed E-state index contributed by atoms with van der Waals surface area (Å²) in [7, 11) is -3.49. The minimum absolute atomic E-state index is 0.116. The van der Waals surface area contributed by atoms with Gasteiger partial charge < -0.3 is 5.32 Å².